The van der Waals surface area contributed by atoms with Gasteiger partial charge >= 0.3 is 0 Å². The first-order valence-electron chi connectivity index (χ1n) is 11.6. The molecule has 3 aliphatic heterocycles. The number of benzene rings is 3. The van der Waals surface area contributed by atoms with Crippen molar-refractivity contribution in [3.8, 4) is 5.75 Å². The van der Waals surface area contributed by atoms with E-state index in [1.807, 2.05) is 65.6 Å². The lowest BCUT2D eigenvalue weighted by Crippen LogP contribution is -2.51. The maximum absolute atomic E-state index is 14.3. The Balaban J connectivity index is 1.63. The summed E-state index contributed by atoms with van der Waals surface area (Å²) in [6.45, 7) is 1.51. The Morgan fingerprint density at radius 3 is 2.43 bits per heavy atom. The molecule has 3 heterocycles. The summed E-state index contributed by atoms with van der Waals surface area (Å²) in [6, 6.07) is 20.8. The number of hydrogen-bond donors (Lipinski definition) is 1. The average Bonchev–Trinajstić information content (AvgIpc) is 3.37. The largest absolute Gasteiger partial charge is 0.497 e. The molecule has 6 nitrogen and oxygen atoms in total. The zero-order valence-electron chi connectivity index (χ0n) is 19.4. The summed E-state index contributed by atoms with van der Waals surface area (Å²) < 4.78 is 5.26. The van der Waals surface area contributed by atoms with Crippen molar-refractivity contribution < 1.29 is 19.1 Å². The third-order valence-corrected chi connectivity index (χ3v) is 7.62. The van der Waals surface area contributed by atoms with Gasteiger partial charge in [-0.15, -0.1) is 0 Å². The Bertz CT molecular complexity index is 1410. The molecule has 1 amide bonds. The molecule has 3 aromatic carbocycles. The third kappa shape index (κ3) is 2.80. The first-order valence-corrected chi connectivity index (χ1v) is 11.6. The third-order valence-electron chi connectivity index (χ3n) is 7.62. The summed E-state index contributed by atoms with van der Waals surface area (Å²) in [5.74, 6) is -0.934. The lowest BCUT2D eigenvalue weighted by Gasteiger charge is -2.37. The minimum Gasteiger partial charge on any atom is -0.497 e. The molecular weight excluding hydrogens is 440 g/mol. The van der Waals surface area contributed by atoms with E-state index in [-0.39, 0.29) is 17.5 Å². The normalized spacial score (nSPS) is 25.6. The van der Waals surface area contributed by atoms with Crippen LogP contribution in [0.1, 0.15) is 28.4 Å². The monoisotopic (exact) mass is 464 g/mol. The summed E-state index contributed by atoms with van der Waals surface area (Å²) in [5.41, 5.74) is 2.42. The molecule has 0 radical (unpaired) electrons. The van der Waals surface area contributed by atoms with Crippen LogP contribution in [-0.2, 0) is 15.0 Å². The summed E-state index contributed by atoms with van der Waals surface area (Å²) in [4.78, 5) is 43.6. The van der Waals surface area contributed by atoms with Crippen LogP contribution < -0.4 is 15.0 Å². The molecule has 0 saturated carbocycles. The van der Waals surface area contributed by atoms with E-state index in [1.54, 1.807) is 31.4 Å². The minimum atomic E-state index is -1.26. The van der Waals surface area contributed by atoms with E-state index in [1.165, 1.54) is 6.92 Å². The van der Waals surface area contributed by atoms with Crippen LogP contribution in [0, 0.1) is 5.92 Å². The molecule has 35 heavy (non-hydrogen) atoms. The molecule has 0 aliphatic carbocycles. The van der Waals surface area contributed by atoms with Crippen LogP contribution in [0.5, 0.6) is 5.75 Å². The SMILES string of the molecule is COc1ccc(C(=O)C2C(C(C)=O)N3c4ccccc4C=CC3C23C(=O)Nc2ccccc23)cc1. The first kappa shape index (κ1) is 21.4. The summed E-state index contributed by atoms with van der Waals surface area (Å²) in [6.07, 6.45) is 3.96. The smallest absolute Gasteiger partial charge is 0.238 e. The summed E-state index contributed by atoms with van der Waals surface area (Å²) in [7, 11) is 1.57. The Morgan fingerprint density at radius 2 is 1.69 bits per heavy atom. The number of methoxy groups -OCH3 is 1. The number of ketones is 2. The molecule has 1 spiro atoms. The number of ether oxygens (including phenoxy) is 1. The van der Waals surface area contributed by atoms with Gasteiger partial charge in [-0.25, -0.2) is 0 Å². The van der Waals surface area contributed by atoms with Crippen LogP contribution in [0.2, 0.25) is 0 Å². The van der Waals surface area contributed by atoms with Gasteiger partial charge in [-0.1, -0.05) is 48.6 Å². The van der Waals surface area contributed by atoms with Gasteiger partial charge in [-0.05, 0) is 54.4 Å². The molecule has 3 aromatic rings. The molecule has 0 aromatic heterocycles. The molecule has 0 bridgehead atoms. The van der Waals surface area contributed by atoms with Crippen LogP contribution >= 0.6 is 0 Å². The fraction of sp³-hybridized carbons (Fsp3) is 0.207. The van der Waals surface area contributed by atoms with Gasteiger partial charge in [0.25, 0.3) is 0 Å². The maximum Gasteiger partial charge on any atom is 0.238 e. The number of carbonyl (C=O) groups is 3. The number of fused-ring (bicyclic) bond motifs is 6. The summed E-state index contributed by atoms with van der Waals surface area (Å²) in [5, 5.41) is 3.02. The van der Waals surface area contributed by atoms with Crippen molar-refractivity contribution in [2.45, 2.75) is 24.4 Å². The number of amides is 1. The minimum absolute atomic E-state index is 0.152. The van der Waals surface area contributed by atoms with Gasteiger partial charge in [0.15, 0.2) is 11.6 Å². The standard InChI is InChI=1S/C29H24N2O4/c1-17(32)26-25(27(33)19-11-14-20(35-2)15-12-19)29(21-8-4-5-9-22(21)30-28(29)34)24-16-13-18-7-3-6-10-23(18)31(24)26/h3-16,24-26H,1-2H3,(H,30,34). The van der Waals surface area contributed by atoms with E-state index >= 15 is 0 Å². The second kappa shape index (κ2) is 7.67. The van der Waals surface area contributed by atoms with Crippen LogP contribution in [0.15, 0.2) is 78.9 Å². The number of anilines is 2. The number of nitrogens with one attached hydrogen (secondary N) is 1. The highest BCUT2D eigenvalue weighted by Gasteiger charge is 2.69. The molecule has 4 atom stereocenters. The Kier molecular flexibility index (Phi) is 4.68. The predicted molar refractivity (Wildman–Crippen MR) is 134 cm³/mol. The quantitative estimate of drug-likeness (QED) is 0.584. The van der Waals surface area contributed by atoms with E-state index in [2.05, 4.69) is 5.32 Å². The van der Waals surface area contributed by atoms with Crippen molar-refractivity contribution in [3.63, 3.8) is 0 Å². The fourth-order valence-electron chi connectivity index (χ4n) is 6.21. The fourth-order valence-corrected chi connectivity index (χ4v) is 6.21. The van der Waals surface area contributed by atoms with Crippen molar-refractivity contribution in [3.05, 3.63) is 95.6 Å². The molecule has 4 unspecified atom stereocenters. The highest BCUT2D eigenvalue weighted by molar-refractivity contribution is 6.16. The van der Waals surface area contributed by atoms with E-state index in [9.17, 15) is 14.4 Å². The van der Waals surface area contributed by atoms with Crippen molar-refractivity contribution in [1.29, 1.82) is 0 Å². The number of hydrogen-bond acceptors (Lipinski definition) is 5. The molecular formula is C29H24N2O4. The van der Waals surface area contributed by atoms with E-state index in [4.69, 9.17) is 4.74 Å². The van der Waals surface area contributed by atoms with Gasteiger partial charge in [0.2, 0.25) is 5.91 Å². The van der Waals surface area contributed by atoms with Crippen LogP contribution in [0.4, 0.5) is 11.4 Å². The maximum atomic E-state index is 14.3. The van der Waals surface area contributed by atoms with Crippen LogP contribution in [-0.4, -0.2) is 36.7 Å². The van der Waals surface area contributed by atoms with Crippen molar-refractivity contribution in [2.24, 2.45) is 5.92 Å². The lowest BCUT2D eigenvalue weighted by molar-refractivity contribution is -0.122. The number of rotatable bonds is 4. The Hall–Kier alpha value is -4.19. The average molecular weight is 465 g/mol. The molecule has 6 rings (SSSR count). The van der Waals surface area contributed by atoms with Crippen molar-refractivity contribution in [1.82, 2.24) is 0 Å². The second-order valence-electron chi connectivity index (χ2n) is 9.26. The molecule has 1 fully saturated rings. The van der Waals surface area contributed by atoms with Gasteiger partial charge in [-0.3, -0.25) is 14.4 Å². The predicted octanol–water partition coefficient (Wildman–Crippen LogP) is 4.26. The number of Topliss-reactive ketones (excluding diaryl/α,β-unsaturated/α-hetero) is 2. The van der Waals surface area contributed by atoms with Gasteiger partial charge in [0.05, 0.1) is 25.1 Å². The topological polar surface area (TPSA) is 75.7 Å². The lowest BCUT2D eigenvalue weighted by atomic mass is 9.64. The van der Waals surface area contributed by atoms with Gasteiger partial charge in [0.1, 0.15) is 11.2 Å². The number of nitrogens with zero attached hydrogens (tertiary/aromatic N) is 1. The number of carbonyl (C=O) groups excluding carboxylic acids is 3. The zero-order chi connectivity index (χ0) is 24.3. The number of para-hydroxylation sites is 2. The van der Waals surface area contributed by atoms with E-state index in [0.717, 1.165) is 16.8 Å². The first-order chi connectivity index (χ1) is 17.0. The second-order valence-corrected chi connectivity index (χ2v) is 9.26. The van der Waals surface area contributed by atoms with E-state index < -0.39 is 23.4 Å². The van der Waals surface area contributed by atoms with Gasteiger partial charge in [-0.2, -0.15) is 0 Å². The highest BCUT2D eigenvalue weighted by Crippen LogP contribution is 2.57. The molecule has 3 aliphatic rings. The summed E-state index contributed by atoms with van der Waals surface area (Å²) >= 11 is 0. The molecule has 1 saturated heterocycles. The van der Waals surface area contributed by atoms with Gasteiger partial charge < -0.3 is 15.0 Å². The molecule has 1 N–H and O–H groups in total. The zero-order valence-corrected chi connectivity index (χ0v) is 19.4. The van der Waals surface area contributed by atoms with Crippen molar-refractivity contribution in [2.75, 3.05) is 17.3 Å². The Labute approximate surface area is 203 Å². The van der Waals surface area contributed by atoms with E-state index in [0.29, 0.717) is 17.0 Å². The van der Waals surface area contributed by atoms with Crippen LogP contribution in [0.25, 0.3) is 6.08 Å². The molecule has 174 valence electrons. The Morgan fingerprint density at radius 1 is 0.971 bits per heavy atom. The molecule has 6 heteroatoms. The van der Waals surface area contributed by atoms with Crippen LogP contribution in [0.3, 0.4) is 0 Å². The highest BCUT2D eigenvalue weighted by atomic mass is 16.5. The van der Waals surface area contributed by atoms with Gasteiger partial charge in [0, 0.05) is 16.9 Å². The van der Waals surface area contributed by atoms with Crippen molar-refractivity contribution >= 4 is 34.9 Å².